The highest BCUT2D eigenvalue weighted by molar-refractivity contribution is 6.66. The maximum Gasteiger partial charge on any atom is 0.336 e. The van der Waals surface area contributed by atoms with Gasteiger partial charge in [0.2, 0.25) is 0 Å². The Bertz CT molecular complexity index is 5510. The van der Waals surface area contributed by atoms with Crippen molar-refractivity contribution in [2.75, 3.05) is 0 Å². The van der Waals surface area contributed by atoms with E-state index < -0.39 is 5.97 Å². The molecule has 0 saturated heterocycles. The number of carboxylic acid groups (broad SMARTS) is 1. The summed E-state index contributed by atoms with van der Waals surface area (Å²) >= 11 is 0. The van der Waals surface area contributed by atoms with Gasteiger partial charge in [-0.3, -0.25) is 0 Å². The predicted octanol–water partition coefficient (Wildman–Crippen LogP) is 18.1. The minimum atomic E-state index is -0.864. The van der Waals surface area contributed by atoms with Crippen molar-refractivity contribution in [2.45, 2.75) is 34.6 Å². The summed E-state index contributed by atoms with van der Waals surface area (Å²) in [6.45, 7) is 11.3. The van der Waals surface area contributed by atoms with Gasteiger partial charge in [0, 0.05) is 16.2 Å². The first-order valence-corrected chi connectivity index (χ1v) is 23.5. The number of hydrogen-bond donors (Lipinski definition) is 1. The molecule has 0 fully saturated rings. The summed E-state index contributed by atoms with van der Waals surface area (Å²) < 4.78 is 0. The second-order valence-corrected chi connectivity index (χ2v) is 20.8. The third-order valence-corrected chi connectivity index (χ3v) is 17.9. The number of fused-ring (bicyclic) bond motifs is 7. The van der Waals surface area contributed by atoms with Crippen molar-refractivity contribution in [3.05, 3.63) is 130 Å². The zero-order chi connectivity index (χ0) is 43.1. The fraction of sp³-hybridized carbons (Fsp3) is 0.0781. The van der Waals surface area contributed by atoms with E-state index >= 15 is 0 Å². The molecule has 19 rings (SSSR count). The zero-order valence-corrected chi connectivity index (χ0v) is 36.6. The molecule has 0 bridgehead atoms. The molecule has 0 amide bonds. The lowest BCUT2D eigenvalue weighted by Crippen LogP contribution is -2.08. The van der Waals surface area contributed by atoms with Crippen LogP contribution in [0.5, 0.6) is 0 Å². The van der Waals surface area contributed by atoms with E-state index in [-0.39, 0.29) is 0 Å². The summed E-state index contributed by atoms with van der Waals surface area (Å²) in [4.78, 5) is 14.3. The molecule has 2 heteroatoms. The van der Waals surface area contributed by atoms with Crippen LogP contribution in [0.1, 0.15) is 38.2 Å². The molecule has 0 aromatic heterocycles. The number of benzene rings is 19. The van der Waals surface area contributed by atoms with Gasteiger partial charge in [0.25, 0.3) is 0 Å². The number of carboxylic acids is 1. The van der Waals surface area contributed by atoms with Gasteiger partial charge in [0.05, 0.1) is 5.56 Å². The van der Waals surface area contributed by atoms with Crippen molar-refractivity contribution < 1.29 is 9.90 Å². The summed E-state index contributed by atoms with van der Waals surface area (Å²) in [6.07, 6.45) is 0. The highest BCUT2D eigenvalue weighted by atomic mass is 16.4. The number of aryl methyl sites for hydroxylation is 5. The van der Waals surface area contributed by atoms with Crippen LogP contribution in [-0.4, -0.2) is 11.1 Å². The third-order valence-electron chi connectivity index (χ3n) is 17.9. The average molecular weight is 833 g/mol. The number of hydrogen-bond acceptors (Lipinski definition) is 1. The minimum absolute atomic E-state index is 0.430. The topological polar surface area (TPSA) is 37.3 Å². The molecule has 300 valence electrons. The van der Waals surface area contributed by atoms with E-state index in [4.69, 9.17) is 0 Å². The fourth-order valence-electron chi connectivity index (χ4n) is 16.1. The normalized spacial score (nSPS) is 14.0. The van der Waals surface area contributed by atoms with Crippen molar-refractivity contribution >= 4 is 200 Å². The molecular weight excluding hydrogens is 801 g/mol. The second-order valence-electron chi connectivity index (χ2n) is 20.8. The maximum atomic E-state index is 14.3. The monoisotopic (exact) mass is 832 g/mol. The van der Waals surface area contributed by atoms with Crippen LogP contribution in [0, 0.1) is 34.6 Å². The van der Waals surface area contributed by atoms with Gasteiger partial charge in [-0.25, -0.2) is 4.79 Å². The Labute approximate surface area is 373 Å². The number of rotatable bonds is 1. The number of carbonyl (C=O) groups is 1. The van der Waals surface area contributed by atoms with Crippen LogP contribution in [0.2, 0.25) is 0 Å². The Morgan fingerprint density at radius 3 is 1.14 bits per heavy atom. The van der Waals surface area contributed by atoms with Gasteiger partial charge in [-0.1, -0.05) is 97.1 Å². The molecule has 66 heavy (non-hydrogen) atoms. The Morgan fingerprint density at radius 2 is 0.652 bits per heavy atom. The van der Waals surface area contributed by atoms with Crippen LogP contribution in [0.3, 0.4) is 0 Å². The fourth-order valence-corrected chi connectivity index (χ4v) is 16.1. The number of aromatic carboxylic acids is 1. The van der Waals surface area contributed by atoms with Gasteiger partial charge >= 0.3 is 5.97 Å². The van der Waals surface area contributed by atoms with Gasteiger partial charge < -0.3 is 5.11 Å². The van der Waals surface area contributed by atoms with Crippen LogP contribution >= 0.6 is 0 Å². The molecule has 19 aromatic carbocycles. The van der Waals surface area contributed by atoms with E-state index in [1.807, 2.05) is 0 Å². The Kier molecular flexibility index (Phi) is 4.69. The van der Waals surface area contributed by atoms with E-state index in [2.05, 4.69) is 132 Å². The van der Waals surface area contributed by atoms with Crippen LogP contribution in [-0.2, 0) is 0 Å². The van der Waals surface area contributed by atoms with E-state index in [0.29, 0.717) is 5.56 Å². The van der Waals surface area contributed by atoms with E-state index in [9.17, 15) is 9.90 Å². The largest absolute Gasteiger partial charge is 0.478 e. The molecule has 0 heterocycles. The molecule has 0 saturated carbocycles. The maximum absolute atomic E-state index is 14.3. The van der Waals surface area contributed by atoms with Crippen LogP contribution in [0.25, 0.3) is 194 Å². The third kappa shape index (κ3) is 2.88. The van der Waals surface area contributed by atoms with Gasteiger partial charge in [0.15, 0.2) is 0 Å². The lowest BCUT2D eigenvalue weighted by Gasteiger charge is -2.33. The zero-order valence-electron chi connectivity index (χ0n) is 36.6. The summed E-state index contributed by atoms with van der Waals surface area (Å²) in [7, 11) is 0. The first-order valence-electron chi connectivity index (χ1n) is 23.5. The molecule has 0 radical (unpaired) electrons. The van der Waals surface area contributed by atoms with E-state index in [1.54, 1.807) is 0 Å². The SMILES string of the molecule is Cc1cc2ccc3c4cccc5c6c(C)c(C(=O)O)c7c8cccc9c%10ccc%11cc(C)cc%12c%13cc(C)c%14c%15c(C)cc%16c(c1)c2c3c1c%16c%15c2c(c6c7c3c(c98)c(c%10c%11%12)c%13c%14c32)c1c45. The summed E-state index contributed by atoms with van der Waals surface area (Å²) in [5.41, 5.74) is 6.44. The predicted molar refractivity (Wildman–Crippen MR) is 284 cm³/mol. The van der Waals surface area contributed by atoms with Crippen LogP contribution in [0.4, 0.5) is 0 Å². The highest BCUT2D eigenvalue weighted by Gasteiger charge is 2.37. The lowest BCUT2D eigenvalue weighted by molar-refractivity contribution is 0.0698. The highest BCUT2D eigenvalue weighted by Crippen LogP contribution is 2.65. The van der Waals surface area contributed by atoms with Crippen molar-refractivity contribution in [3.63, 3.8) is 0 Å². The van der Waals surface area contributed by atoms with Crippen LogP contribution in [0.15, 0.2) is 97.1 Å². The van der Waals surface area contributed by atoms with Crippen molar-refractivity contribution in [1.82, 2.24) is 0 Å². The molecule has 0 aliphatic carbocycles. The lowest BCUT2D eigenvalue weighted by atomic mass is 9.69. The Hall–Kier alpha value is -8.07. The molecule has 0 spiro atoms. The average Bonchev–Trinajstić information content (AvgIpc) is 3.31. The molecule has 0 aliphatic rings. The van der Waals surface area contributed by atoms with Crippen molar-refractivity contribution in [1.29, 1.82) is 0 Å². The first-order chi connectivity index (χ1) is 32.2. The van der Waals surface area contributed by atoms with Gasteiger partial charge in [-0.2, -0.15) is 0 Å². The summed E-state index contributed by atoms with van der Waals surface area (Å²) in [5.74, 6) is -0.864. The quantitative estimate of drug-likeness (QED) is 0.132. The molecule has 1 N–H and O–H groups in total. The molecular formula is C64H32O2. The smallest absolute Gasteiger partial charge is 0.336 e. The molecule has 0 unspecified atom stereocenters. The van der Waals surface area contributed by atoms with Gasteiger partial charge in [-0.05, 0) is 240 Å². The molecule has 19 aromatic rings. The van der Waals surface area contributed by atoms with E-state index in [1.165, 1.54) is 189 Å². The molecule has 2 nitrogen and oxygen atoms in total. The Balaban J connectivity index is 1.33. The minimum Gasteiger partial charge on any atom is -0.478 e. The molecule has 0 atom stereocenters. The van der Waals surface area contributed by atoms with Crippen molar-refractivity contribution in [3.8, 4) is 0 Å². The van der Waals surface area contributed by atoms with Crippen LogP contribution < -0.4 is 0 Å². The summed E-state index contributed by atoms with van der Waals surface area (Å²) in [6, 6.07) is 37.7. The van der Waals surface area contributed by atoms with Gasteiger partial charge in [-0.15, -0.1) is 0 Å². The van der Waals surface area contributed by atoms with Crippen molar-refractivity contribution in [2.24, 2.45) is 0 Å². The Morgan fingerprint density at radius 1 is 0.303 bits per heavy atom. The molecule has 0 aliphatic heterocycles. The van der Waals surface area contributed by atoms with Gasteiger partial charge in [0.1, 0.15) is 0 Å². The second kappa shape index (κ2) is 9.50. The summed E-state index contributed by atoms with van der Waals surface area (Å²) in [5, 5.41) is 57.7. The first kappa shape index (κ1) is 32.6. The van der Waals surface area contributed by atoms with E-state index in [0.717, 1.165) is 32.5 Å². The standard InChI is InChI=1S/C64H32O2/c1-22-16-27-12-14-31-29-8-6-10-33-41-26(5)42(64(65)66)49-34-11-7-9-30-32-15-13-28-17-23(2)19-36-38-21-25(4)40-39-24(3)20-37-35(18-22)43(27)47(31)57-50(37)52(39)60-61-53(40)51(38)58(48(32)44(28)36)56(46(30)34)63(61)59(49)54(41)62(60)55(57)45(29)33/h6-21H,1-5H3,(H,65,66).